The smallest absolute Gasteiger partial charge is 0.0931 e. The Morgan fingerprint density at radius 1 is 1.59 bits per heavy atom. The summed E-state index contributed by atoms with van der Waals surface area (Å²) in [6.45, 7) is 3.26. The van der Waals surface area contributed by atoms with E-state index in [0.717, 1.165) is 31.7 Å². The molecule has 2 rings (SSSR count). The third-order valence-electron chi connectivity index (χ3n) is 3.42. The minimum atomic E-state index is 0.764. The Balaban J connectivity index is 1.83. The fourth-order valence-electron chi connectivity index (χ4n) is 2.53. The molecule has 0 amide bonds. The molecule has 1 saturated heterocycles. The highest BCUT2D eigenvalue weighted by Crippen LogP contribution is 2.22. The van der Waals surface area contributed by atoms with Gasteiger partial charge < -0.3 is 10.6 Å². The zero-order valence-electron chi connectivity index (χ0n) is 10.7. The minimum absolute atomic E-state index is 0.764. The molecule has 1 aliphatic rings. The first kappa shape index (κ1) is 13.0. The number of nitrogens with zero attached hydrogens (tertiary/aromatic N) is 2. The van der Waals surface area contributed by atoms with E-state index in [1.165, 1.54) is 36.6 Å². The van der Waals surface area contributed by atoms with Crippen molar-refractivity contribution in [3.05, 3.63) is 16.1 Å². The molecule has 1 fully saturated rings. The molecular weight excluding hydrogens is 230 g/mol. The maximum Gasteiger partial charge on any atom is 0.0931 e. The summed E-state index contributed by atoms with van der Waals surface area (Å²) in [5.74, 6) is 0.808. The number of piperidine rings is 1. The topological polar surface area (TPSA) is 42.2 Å². The summed E-state index contributed by atoms with van der Waals surface area (Å²) in [6.07, 6.45) is 5.96. The maximum absolute atomic E-state index is 5.52. The highest BCUT2D eigenvalue weighted by molar-refractivity contribution is 7.09. The molecule has 0 spiro atoms. The lowest BCUT2D eigenvalue weighted by molar-refractivity contribution is 0.209. The van der Waals surface area contributed by atoms with Gasteiger partial charge in [0.15, 0.2) is 0 Å². The van der Waals surface area contributed by atoms with E-state index >= 15 is 0 Å². The lowest BCUT2D eigenvalue weighted by Crippen LogP contribution is -2.32. The van der Waals surface area contributed by atoms with Crippen LogP contribution in [0.15, 0.2) is 5.38 Å². The van der Waals surface area contributed by atoms with E-state index in [9.17, 15) is 0 Å². The summed E-state index contributed by atoms with van der Waals surface area (Å²) in [6, 6.07) is 0. The SMILES string of the molecule is CN1CCCC(Cc2nc(CCCN)cs2)C1. The van der Waals surface area contributed by atoms with Gasteiger partial charge in [-0.05, 0) is 51.7 Å². The summed E-state index contributed by atoms with van der Waals surface area (Å²) in [4.78, 5) is 7.15. The van der Waals surface area contributed by atoms with Crippen LogP contribution in [-0.2, 0) is 12.8 Å². The molecule has 0 aromatic carbocycles. The van der Waals surface area contributed by atoms with E-state index in [1.54, 1.807) is 0 Å². The van der Waals surface area contributed by atoms with Gasteiger partial charge in [0.25, 0.3) is 0 Å². The van der Waals surface area contributed by atoms with Crippen molar-refractivity contribution in [2.75, 3.05) is 26.7 Å². The van der Waals surface area contributed by atoms with Crippen molar-refractivity contribution in [2.24, 2.45) is 11.7 Å². The fourth-order valence-corrected chi connectivity index (χ4v) is 3.47. The third kappa shape index (κ3) is 4.05. The first-order valence-corrected chi connectivity index (χ1v) is 7.48. The van der Waals surface area contributed by atoms with Crippen molar-refractivity contribution in [1.29, 1.82) is 0 Å². The second kappa shape index (κ2) is 6.47. The number of hydrogen-bond donors (Lipinski definition) is 1. The van der Waals surface area contributed by atoms with Gasteiger partial charge in [0, 0.05) is 18.3 Å². The van der Waals surface area contributed by atoms with E-state index in [2.05, 4.69) is 17.3 Å². The number of aromatic nitrogens is 1. The average Bonchev–Trinajstić information content (AvgIpc) is 2.74. The summed E-state index contributed by atoms with van der Waals surface area (Å²) >= 11 is 1.82. The molecule has 1 aromatic heterocycles. The maximum atomic E-state index is 5.52. The van der Waals surface area contributed by atoms with Crippen LogP contribution in [0.1, 0.15) is 30.0 Å². The first-order chi connectivity index (χ1) is 8.28. The van der Waals surface area contributed by atoms with Crippen LogP contribution in [0, 0.1) is 5.92 Å². The molecule has 1 aliphatic heterocycles. The number of aryl methyl sites for hydroxylation is 1. The van der Waals surface area contributed by atoms with E-state index < -0.39 is 0 Å². The number of rotatable bonds is 5. The molecule has 2 heterocycles. The van der Waals surface area contributed by atoms with Crippen LogP contribution >= 0.6 is 11.3 Å². The van der Waals surface area contributed by atoms with Gasteiger partial charge >= 0.3 is 0 Å². The molecule has 1 aromatic rings. The summed E-state index contributed by atoms with van der Waals surface area (Å²) in [5.41, 5.74) is 6.75. The monoisotopic (exact) mass is 253 g/mol. The van der Waals surface area contributed by atoms with Gasteiger partial charge in [0.1, 0.15) is 0 Å². The summed E-state index contributed by atoms with van der Waals surface area (Å²) in [5, 5.41) is 3.52. The van der Waals surface area contributed by atoms with Crippen LogP contribution in [-0.4, -0.2) is 36.6 Å². The van der Waals surface area contributed by atoms with Gasteiger partial charge in [-0.25, -0.2) is 4.98 Å². The number of thiazole rings is 1. The molecule has 0 radical (unpaired) electrons. The zero-order valence-corrected chi connectivity index (χ0v) is 11.5. The highest BCUT2D eigenvalue weighted by Gasteiger charge is 2.18. The van der Waals surface area contributed by atoms with Crippen LogP contribution in [0.4, 0.5) is 0 Å². The molecular formula is C13H23N3S. The Morgan fingerprint density at radius 2 is 2.47 bits per heavy atom. The Labute approximate surface area is 108 Å². The quantitative estimate of drug-likeness (QED) is 0.872. The van der Waals surface area contributed by atoms with Gasteiger partial charge in [0.2, 0.25) is 0 Å². The predicted molar refractivity (Wildman–Crippen MR) is 73.4 cm³/mol. The largest absolute Gasteiger partial charge is 0.330 e. The zero-order chi connectivity index (χ0) is 12.1. The standard InChI is InChI=1S/C13H23N3S/c1-16-7-3-4-11(9-16)8-13-15-12(10-17-13)5-2-6-14/h10-11H,2-9,14H2,1H3. The number of likely N-dealkylation sites (tertiary alicyclic amines) is 1. The van der Waals surface area contributed by atoms with Gasteiger partial charge in [-0.15, -0.1) is 11.3 Å². The molecule has 0 bridgehead atoms. The molecule has 2 N–H and O–H groups in total. The predicted octanol–water partition coefficient (Wildman–Crippen LogP) is 1.92. The summed E-state index contributed by atoms with van der Waals surface area (Å²) in [7, 11) is 2.22. The van der Waals surface area contributed by atoms with Crippen LogP contribution < -0.4 is 5.73 Å². The summed E-state index contributed by atoms with van der Waals surface area (Å²) < 4.78 is 0. The first-order valence-electron chi connectivity index (χ1n) is 6.60. The molecule has 96 valence electrons. The van der Waals surface area contributed by atoms with E-state index in [-0.39, 0.29) is 0 Å². The third-order valence-corrected chi connectivity index (χ3v) is 4.34. The molecule has 0 aliphatic carbocycles. The lowest BCUT2D eigenvalue weighted by atomic mass is 9.95. The molecule has 1 atom stereocenters. The Morgan fingerprint density at radius 3 is 3.24 bits per heavy atom. The van der Waals surface area contributed by atoms with Crippen molar-refractivity contribution in [3.8, 4) is 0 Å². The van der Waals surface area contributed by atoms with Gasteiger partial charge in [0.05, 0.1) is 10.7 Å². The van der Waals surface area contributed by atoms with Gasteiger partial charge in [-0.2, -0.15) is 0 Å². The minimum Gasteiger partial charge on any atom is -0.330 e. The molecule has 1 unspecified atom stereocenters. The van der Waals surface area contributed by atoms with Crippen LogP contribution in [0.2, 0.25) is 0 Å². The van der Waals surface area contributed by atoms with E-state index in [0.29, 0.717) is 0 Å². The van der Waals surface area contributed by atoms with Crippen molar-refractivity contribution < 1.29 is 0 Å². The van der Waals surface area contributed by atoms with Gasteiger partial charge in [-0.1, -0.05) is 0 Å². The molecule has 17 heavy (non-hydrogen) atoms. The Bertz CT molecular complexity index is 337. The van der Waals surface area contributed by atoms with E-state index in [4.69, 9.17) is 10.7 Å². The second-order valence-electron chi connectivity index (χ2n) is 5.10. The van der Waals surface area contributed by atoms with Crippen LogP contribution in [0.25, 0.3) is 0 Å². The van der Waals surface area contributed by atoms with Crippen molar-refractivity contribution >= 4 is 11.3 Å². The van der Waals surface area contributed by atoms with Crippen molar-refractivity contribution in [1.82, 2.24) is 9.88 Å². The van der Waals surface area contributed by atoms with Gasteiger partial charge in [-0.3, -0.25) is 0 Å². The fraction of sp³-hybridized carbons (Fsp3) is 0.769. The van der Waals surface area contributed by atoms with Crippen molar-refractivity contribution in [3.63, 3.8) is 0 Å². The second-order valence-corrected chi connectivity index (χ2v) is 6.04. The highest BCUT2D eigenvalue weighted by atomic mass is 32.1. The Hall–Kier alpha value is -0.450. The van der Waals surface area contributed by atoms with Crippen LogP contribution in [0.5, 0.6) is 0 Å². The Kier molecular flexibility index (Phi) is 4.95. The van der Waals surface area contributed by atoms with E-state index in [1.807, 2.05) is 11.3 Å². The van der Waals surface area contributed by atoms with Crippen LogP contribution in [0.3, 0.4) is 0 Å². The normalized spacial score (nSPS) is 21.9. The number of nitrogens with two attached hydrogens (primary N) is 1. The number of hydrogen-bond acceptors (Lipinski definition) is 4. The molecule has 0 saturated carbocycles. The molecule has 4 heteroatoms. The molecule has 3 nitrogen and oxygen atoms in total. The average molecular weight is 253 g/mol. The van der Waals surface area contributed by atoms with Crippen molar-refractivity contribution in [2.45, 2.75) is 32.1 Å². The lowest BCUT2D eigenvalue weighted by Gasteiger charge is -2.29.